The quantitative estimate of drug-likeness (QED) is 0.799. The molecule has 2 aliphatic rings. The predicted octanol–water partition coefficient (Wildman–Crippen LogP) is 2.76. The summed E-state index contributed by atoms with van der Waals surface area (Å²) in [6.07, 6.45) is 6.32. The van der Waals surface area contributed by atoms with Gasteiger partial charge in [-0.2, -0.15) is 0 Å². The van der Waals surface area contributed by atoms with Crippen molar-refractivity contribution in [2.45, 2.75) is 51.1 Å². The van der Waals surface area contributed by atoms with E-state index in [2.05, 4.69) is 15.6 Å². The summed E-state index contributed by atoms with van der Waals surface area (Å²) >= 11 is 0. The molecule has 1 aromatic rings. The standard InChI is InChI=1S/C18H27N3O2/c1-2-23-15-10-6-9-14(17(15)22)16-18(20-12-11-19-16)21-13-7-4-3-5-8-13/h6,9-10,13,16,19,22H,2-5,7-8,11-12H2,1H3,(H,20,21). The van der Waals surface area contributed by atoms with Crippen LogP contribution in [0.25, 0.3) is 0 Å². The van der Waals surface area contributed by atoms with Crippen LogP contribution in [0.2, 0.25) is 0 Å². The summed E-state index contributed by atoms with van der Waals surface area (Å²) in [6, 6.07) is 6.08. The molecule has 0 spiro atoms. The molecule has 5 nitrogen and oxygen atoms in total. The minimum absolute atomic E-state index is 0.0916. The first-order chi connectivity index (χ1) is 11.3. The highest BCUT2D eigenvalue weighted by molar-refractivity contribution is 5.90. The van der Waals surface area contributed by atoms with E-state index >= 15 is 0 Å². The van der Waals surface area contributed by atoms with Gasteiger partial charge in [0, 0.05) is 18.2 Å². The van der Waals surface area contributed by atoms with Crippen molar-refractivity contribution in [1.82, 2.24) is 10.6 Å². The average molecular weight is 317 g/mol. The molecule has 0 bridgehead atoms. The van der Waals surface area contributed by atoms with Gasteiger partial charge in [0.1, 0.15) is 5.84 Å². The van der Waals surface area contributed by atoms with Gasteiger partial charge in [-0.15, -0.1) is 0 Å². The van der Waals surface area contributed by atoms with Crippen molar-refractivity contribution in [1.29, 1.82) is 0 Å². The molecule has 23 heavy (non-hydrogen) atoms. The van der Waals surface area contributed by atoms with Crippen molar-refractivity contribution in [3.05, 3.63) is 23.8 Å². The van der Waals surface area contributed by atoms with Crippen LogP contribution in [0.5, 0.6) is 11.5 Å². The van der Waals surface area contributed by atoms with E-state index in [0.717, 1.165) is 24.5 Å². The fourth-order valence-electron chi connectivity index (χ4n) is 3.46. The highest BCUT2D eigenvalue weighted by Gasteiger charge is 2.27. The molecule has 1 aromatic carbocycles. The number of phenols is 1. The van der Waals surface area contributed by atoms with Gasteiger partial charge in [-0.05, 0) is 25.8 Å². The lowest BCUT2D eigenvalue weighted by atomic mass is 9.94. The molecule has 3 rings (SSSR count). The summed E-state index contributed by atoms with van der Waals surface area (Å²) in [7, 11) is 0. The fraction of sp³-hybridized carbons (Fsp3) is 0.611. The zero-order valence-corrected chi connectivity index (χ0v) is 13.8. The number of benzene rings is 1. The van der Waals surface area contributed by atoms with E-state index in [1.54, 1.807) is 6.07 Å². The highest BCUT2D eigenvalue weighted by atomic mass is 16.5. The first-order valence-electron chi connectivity index (χ1n) is 8.78. The maximum Gasteiger partial charge on any atom is 0.163 e. The molecule has 1 heterocycles. The molecular weight excluding hydrogens is 290 g/mol. The fourth-order valence-corrected chi connectivity index (χ4v) is 3.46. The van der Waals surface area contributed by atoms with E-state index in [1.165, 1.54) is 32.1 Å². The number of para-hydroxylation sites is 1. The van der Waals surface area contributed by atoms with Crippen molar-refractivity contribution in [2.24, 2.45) is 4.99 Å². The number of aromatic hydroxyl groups is 1. The summed E-state index contributed by atoms with van der Waals surface area (Å²) < 4.78 is 5.52. The monoisotopic (exact) mass is 317 g/mol. The average Bonchev–Trinajstić information content (AvgIpc) is 2.59. The molecule has 0 aromatic heterocycles. The summed E-state index contributed by atoms with van der Waals surface area (Å²) in [4.78, 5) is 4.69. The minimum Gasteiger partial charge on any atom is -0.504 e. The molecule has 1 fully saturated rings. The molecular formula is C18H27N3O2. The number of phenolic OH excluding ortho intramolecular Hbond substituents is 1. The van der Waals surface area contributed by atoms with Gasteiger partial charge in [0.05, 0.1) is 19.2 Å². The van der Waals surface area contributed by atoms with E-state index in [-0.39, 0.29) is 11.8 Å². The highest BCUT2D eigenvalue weighted by Crippen LogP contribution is 2.34. The molecule has 0 amide bonds. The van der Waals surface area contributed by atoms with Gasteiger partial charge in [0.2, 0.25) is 0 Å². The second-order valence-corrected chi connectivity index (χ2v) is 6.26. The Morgan fingerprint density at radius 2 is 2.13 bits per heavy atom. The molecule has 1 atom stereocenters. The van der Waals surface area contributed by atoms with E-state index in [4.69, 9.17) is 4.74 Å². The number of ether oxygens (including phenoxy) is 1. The van der Waals surface area contributed by atoms with Crippen LogP contribution in [-0.4, -0.2) is 36.7 Å². The summed E-state index contributed by atoms with van der Waals surface area (Å²) in [5.41, 5.74) is 0.831. The largest absolute Gasteiger partial charge is 0.504 e. The Kier molecular flexibility index (Phi) is 5.39. The zero-order valence-electron chi connectivity index (χ0n) is 13.8. The molecule has 126 valence electrons. The Bertz CT molecular complexity index is 553. The first kappa shape index (κ1) is 16.1. The van der Waals surface area contributed by atoms with Crippen LogP contribution >= 0.6 is 0 Å². The van der Waals surface area contributed by atoms with Gasteiger partial charge in [-0.3, -0.25) is 4.99 Å². The Morgan fingerprint density at radius 3 is 2.91 bits per heavy atom. The predicted molar refractivity (Wildman–Crippen MR) is 92.3 cm³/mol. The molecule has 1 unspecified atom stereocenters. The van der Waals surface area contributed by atoms with Crippen molar-refractivity contribution in [3.63, 3.8) is 0 Å². The molecule has 3 N–H and O–H groups in total. The van der Waals surface area contributed by atoms with Gasteiger partial charge < -0.3 is 20.5 Å². The van der Waals surface area contributed by atoms with Crippen molar-refractivity contribution < 1.29 is 9.84 Å². The smallest absolute Gasteiger partial charge is 0.163 e. The van der Waals surface area contributed by atoms with Gasteiger partial charge in [0.15, 0.2) is 11.5 Å². The zero-order chi connectivity index (χ0) is 16.1. The van der Waals surface area contributed by atoms with Gasteiger partial charge in [0.25, 0.3) is 0 Å². The number of hydrogen-bond acceptors (Lipinski definition) is 5. The lowest BCUT2D eigenvalue weighted by Crippen LogP contribution is -2.46. The third-order valence-electron chi connectivity index (χ3n) is 4.61. The Morgan fingerprint density at radius 1 is 1.30 bits per heavy atom. The van der Waals surface area contributed by atoms with Crippen LogP contribution < -0.4 is 15.4 Å². The second-order valence-electron chi connectivity index (χ2n) is 6.26. The first-order valence-corrected chi connectivity index (χ1v) is 8.78. The van der Waals surface area contributed by atoms with Gasteiger partial charge in [-0.1, -0.05) is 31.4 Å². The SMILES string of the molecule is CCOc1cccc(C2NCCN=C2NC2CCCCC2)c1O. The van der Waals surface area contributed by atoms with Gasteiger partial charge >= 0.3 is 0 Å². The summed E-state index contributed by atoms with van der Waals surface area (Å²) in [6.45, 7) is 4.05. The van der Waals surface area contributed by atoms with Gasteiger partial charge in [-0.25, -0.2) is 0 Å². The summed E-state index contributed by atoms with van der Waals surface area (Å²) in [5.74, 6) is 1.70. The normalized spacial score (nSPS) is 22.5. The van der Waals surface area contributed by atoms with Crippen molar-refractivity contribution >= 4 is 5.84 Å². The number of hydrogen-bond donors (Lipinski definition) is 3. The number of nitrogens with zero attached hydrogens (tertiary/aromatic N) is 1. The van der Waals surface area contributed by atoms with E-state index in [1.807, 2.05) is 19.1 Å². The molecule has 1 aliphatic carbocycles. The van der Waals surface area contributed by atoms with Crippen LogP contribution in [0.4, 0.5) is 0 Å². The topological polar surface area (TPSA) is 65.9 Å². The lowest BCUT2D eigenvalue weighted by Gasteiger charge is -2.31. The van der Waals surface area contributed by atoms with Crippen LogP contribution in [0.15, 0.2) is 23.2 Å². The molecule has 5 heteroatoms. The third kappa shape index (κ3) is 3.78. The number of amidine groups is 1. The third-order valence-corrected chi connectivity index (χ3v) is 4.61. The minimum atomic E-state index is -0.0916. The Balaban J connectivity index is 1.80. The van der Waals surface area contributed by atoms with Crippen LogP contribution in [0.1, 0.15) is 50.6 Å². The van der Waals surface area contributed by atoms with E-state index in [9.17, 15) is 5.11 Å². The van der Waals surface area contributed by atoms with E-state index < -0.39 is 0 Å². The van der Waals surface area contributed by atoms with E-state index in [0.29, 0.717) is 18.4 Å². The summed E-state index contributed by atoms with van der Waals surface area (Å²) in [5, 5.41) is 17.6. The molecule has 0 saturated heterocycles. The van der Waals surface area contributed by atoms with Crippen molar-refractivity contribution in [3.8, 4) is 11.5 Å². The lowest BCUT2D eigenvalue weighted by molar-refractivity contribution is 0.315. The maximum absolute atomic E-state index is 10.5. The van der Waals surface area contributed by atoms with Crippen LogP contribution in [0, 0.1) is 0 Å². The van der Waals surface area contributed by atoms with Crippen LogP contribution in [0.3, 0.4) is 0 Å². The Hall–Kier alpha value is -1.75. The molecule has 1 aliphatic heterocycles. The number of aliphatic imine (C=N–C) groups is 1. The Labute approximate surface area is 138 Å². The van der Waals surface area contributed by atoms with Crippen LogP contribution in [-0.2, 0) is 0 Å². The molecule has 0 radical (unpaired) electrons. The number of rotatable bonds is 4. The second kappa shape index (κ2) is 7.68. The maximum atomic E-state index is 10.5. The van der Waals surface area contributed by atoms with Crippen molar-refractivity contribution in [2.75, 3.05) is 19.7 Å². The number of nitrogens with one attached hydrogen (secondary N) is 2. The molecule has 1 saturated carbocycles.